The second-order valence-electron chi connectivity index (χ2n) is 8.81. The van der Waals surface area contributed by atoms with Gasteiger partial charge >= 0.3 is 6.03 Å². The normalized spacial score (nSPS) is 15.0. The highest BCUT2D eigenvalue weighted by Gasteiger charge is 2.37. The van der Waals surface area contributed by atoms with E-state index in [2.05, 4.69) is 24.5 Å². The van der Waals surface area contributed by atoms with Gasteiger partial charge in [-0.3, -0.25) is 4.79 Å². The molecular weight excluding hydrogens is 394 g/mol. The van der Waals surface area contributed by atoms with Crippen molar-refractivity contribution >= 4 is 29.0 Å². The van der Waals surface area contributed by atoms with E-state index in [1.165, 1.54) is 0 Å². The molecule has 0 atom stereocenters. The Morgan fingerprint density at radius 2 is 1.87 bits per heavy atom. The van der Waals surface area contributed by atoms with Crippen molar-refractivity contribution in [2.45, 2.75) is 34.1 Å². The molecule has 1 aliphatic heterocycles. The number of hydrogen-bond donors (Lipinski definition) is 2. The van der Waals surface area contributed by atoms with Gasteiger partial charge in [0.25, 0.3) is 0 Å². The number of carbonyl (C=O) groups excluding carboxylic acids is 2. The van der Waals surface area contributed by atoms with E-state index < -0.39 is 5.41 Å². The first-order chi connectivity index (χ1) is 14.7. The van der Waals surface area contributed by atoms with E-state index in [0.717, 1.165) is 6.42 Å². The second-order valence-corrected chi connectivity index (χ2v) is 8.81. The first-order valence-corrected chi connectivity index (χ1v) is 10.5. The van der Waals surface area contributed by atoms with Gasteiger partial charge in [-0.2, -0.15) is 0 Å². The summed E-state index contributed by atoms with van der Waals surface area (Å²) < 4.78 is 11.1. The number of anilines is 3. The van der Waals surface area contributed by atoms with E-state index in [0.29, 0.717) is 47.6 Å². The summed E-state index contributed by atoms with van der Waals surface area (Å²) in [6.45, 7) is 8.95. The van der Waals surface area contributed by atoms with Crippen LogP contribution in [-0.4, -0.2) is 32.2 Å². The standard InChI is InChI=1S/C24H31N3O4/c1-16(2)11-12-27-20-14-18(9-10-21(20)31-15-24(3,4)22(27)28)26-23(29)25-17-7-6-8-19(13-17)30-5/h6-10,13-14,16H,11-12,15H2,1-5H3,(H2,25,26,29). The number of ether oxygens (including phenoxy) is 2. The average Bonchev–Trinajstić information content (AvgIpc) is 2.81. The average molecular weight is 426 g/mol. The molecule has 2 N–H and O–H groups in total. The quantitative estimate of drug-likeness (QED) is 0.672. The summed E-state index contributed by atoms with van der Waals surface area (Å²) in [5.74, 6) is 1.77. The van der Waals surface area contributed by atoms with Crippen LogP contribution in [0.2, 0.25) is 0 Å². The molecule has 7 nitrogen and oxygen atoms in total. The Kier molecular flexibility index (Phi) is 6.73. The summed E-state index contributed by atoms with van der Waals surface area (Å²) >= 11 is 0. The van der Waals surface area contributed by atoms with Crippen LogP contribution in [0, 0.1) is 11.3 Å². The molecular formula is C24H31N3O4. The van der Waals surface area contributed by atoms with Gasteiger partial charge in [0.1, 0.15) is 18.1 Å². The van der Waals surface area contributed by atoms with Gasteiger partial charge in [0.05, 0.1) is 18.2 Å². The fourth-order valence-electron chi connectivity index (χ4n) is 3.33. The molecule has 166 valence electrons. The molecule has 0 fully saturated rings. The van der Waals surface area contributed by atoms with Gasteiger partial charge in [0.2, 0.25) is 5.91 Å². The summed E-state index contributed by atoms with van der Waals surface area (Å²) in [6.07, 6.45) is 0.870. The highest BCUT2D eigenvalue weighted by Crippen LogP contribution is 2.38. The number of rotatable bonds is 6. The maximum Gasteiger partial charge on any atom is 0.323 e. The van der Waals surface area contributed by atoms with Crippen molar-refractivity contribution in [1.82, 2.24) is 0 Å². The largest absolute Gasteiger partial charge is 0.497 e. The van der Waals surface area contributed by atoms with Crippen molar-refractivity contribution in [3.63, 3.8) is 0 Å². The number of hydrogen-bond acceptors (Lipinski definition) is 4. The second kappa shape index (κ2) is 9.29. The number of fused-ring (bicyclic) bond motifs is 1. The smallest absolute Gasteiger partial charge is 0.323 e. The van der Waals surface area contributed by atoms with Crippen LogP contribution in [0.4, 0.5) is 21.9 Å². The lowest BCUT2D eigenvalue weighted by Gasteiger charge is -2.28. The Bertz CT molecular complexity index is 956. The van der Waals surface area contributed by atoms with Gasteiger partial charge in [-0.05, 0) is 56.5 Å². The van der Waals surface area contributed by atoms with Crippen LogP contribution in [0.1, 0.15) is 34.1 Å². The molecule has 2 aromatic rings. The monoisotopic (exact) mass is 425 g/mol. The van der Waals surface area contributed by atoms with Crippen LogP contribution < -0.4 is 25.0 Å². The molecule has 0 aliphatic carbocycles. The summed E-state index contributed by atoms with van der Waals surface area (Å²) in [7, 11) is 1.57. The molecule has 0 bridgehead atoms. The molecule has 0 radical (unpaired) electrons. The molecule has 0 aromatic heterocycles. The van der Waals surface area contributed by atoms with Crippen LogP contribution >= 0.6 is 0 Å². The van der Waals surface area contributed by atoms with Gasteiger partial charge in [-0.25, -0.2) is 4.79 Å². The molecule has 31 heavy (non-hydrogen) atoms. The minimum absolute atomic E-state index is 0.0184. The lowest BCUT2D eigenvalue weighted by molar-refractivity contribution is -0.127. The molecule has 3 rings (SSSR count). The Labute approximate surface area is 183 Å². The predicted octanol–water partition coefficient (Wildman–Crippen LogP) is 5.14. The van der Waals surface area contributed by atoms with E-state index in [1.54, 1.807) is 54.5 Å². The molecule has 2 aromatic carbocycles. The minimum atomic E-state index is -0.632. The van der Waals surface area contributed by atoms with Crippen LogP contribution in [0.25, 0.3) is 0 Å². The Morgan fingerprint density at radius 3 is 2.55 bits per heavy atom. The number of methoxy groups -OCH3 is 1. The molecule has 1 heterocycles. The molecule has 3 amide bonds. The zero-order chi connectivity index (χ0) is 22.6. The number of urea groups is 1. The SMILES string of the molecule is COc1cccc(NC(=O)Nc2ccc3c(c2)N(CCC(C)C)C(=O)C(C)(C)CO3)c1. The van der Waals surface area contributed by atoms with E-state index in [-0.39, 0.29) is 11.9 Å². The van der Waals surface area contributed by atoms with Crippen LogP contribution in [0.5, 0.6) is 11.5 Å². The van der Waals surface area contributed by atoms with Crippen molar-refractivity contribution < 1.29 is 19.1 Å². The first-order valence-electron chi connectivity index (χ1n) is 10.5. The van der Waals surface area contributed by atoms with E-state index in [4.69, 9.17) is 9.47 Å². The number of benzene rings is 2. The van der Waals surface area contributed by atoms with Crippen LogP contribution in [-0.2, 0) is 4.79 Å². The Morgan fingerprint density at radius 1 is 1.16 bits per heavy atom. The molecule has 0 saturated heterocycles. The number of nitrogens with one attached hydrogen (secondary N) is 2. The highest BCUT2D eigenvalue weighted by atomic mass is 16.5. The summed E-state index contributed by atoms with van der Waals surface area (Å²) in [5.41, 5.74) is 1.23. The molecule has 1 aliphatic rings. The van der Waals surface area contributed by atoms with Gasteiger partial charge in [0, 0.05) is 24.0 Å². The number of amides is 3. The van der Waals surface area contributed by atoms with Gasteiger partial charge in [0.15, 0.2) is 0 Å². The van der Waals surface area contributed by atoms with Crippen molar-refractivity contribution in [3.05, 3.63) is 42.5 Å². The zero-order valence-corrected chi connectivity index (χ0v) is 18.8. The fourth-order valence-corrected chi connectivity index (χ4v) is 3.33. The lowest BCUT2D eigenvalue weighted by Crippen LogP contribution is -2.42. The topological polar surface area (TPSA) is 79.9 Å². The maximum absolute atomic E-state index is 13.2. The Balaban J connectivity index is 1.82. The van der Waals surface area contributed by atoms with Crippen molar-refractivity contribution in [2.75, 3.05) is 35.8 Å². The first kappa shape index (κ1) is 22.5. The van der Waals surface area contributed by atoms with Gasteiger partial charge in [-0.1, -0.05) is 19.9 Å². The lowest BCUT2D eigenvalue weighted by atomic mass is 9.92. The summed E-state index contributed by atoms with van der Waals surface area (Å²) in [5, 5.41) is 5.62. The van der Waals surface area contributed by atoms with Crippen molar-refractivity contribution in [1.29, 1.82) is 0 Å². The van der Waals surface area contributed by atoms with Gasteiger partial charge in [-0.15, -0.1) is 0 Å². The van der Waals surface area contributed by atoms with Crippen LogP contribution in [0.15, 0.2) is 42.5 Å². The maximum atomic E-state index is 13.2. The molecule has 7 heteroatoms. The third kappa shape index (κ3) is 5.48. The van der Waals surface area contributed by atoms with E-state index in [1.807, 2.05) is 13.8 Å². The third-order valence-corrected chi connectivity index (χ3v) is 5.18. The Hall–Kier alpha value is -3.22. The van der Waals surface area contributed by atoms with Gasteiger partial charge < -0.3 is 25.0 Å². The minimum Gasteiger partial charge on any atom is -0.497 e. The number of nitrogens with zero attached hydrogens (tertiary/aromatic N) is 1. The predicted molar refractivity (Wildman–Crippen MR) is 123 cm³/mol. The number of carbonyl (C=O) groups is 2. The molecule has 0 saturated carbocycles. The van der Waals surface area contributed by atoms with Crippen molar-refractivity contribution in [2.24, 2.45) is 11.3 Å². The van der Waals surface area contributed by atoms with Crippen LogP contribution in [0.3, 0.4) is 0 Å². The zero-order valence-electron chi connectivity index (χ0n) is 18.8. The molecule has 0 unspecified atom stereocenters. The van der Waals surface area contributed by atoms with E-state index >= 15 is 0 Å². The summed E-state index contributed by atoms with van der Waals surface area (Å²) in [6, 6.07) is 12.1. The molecule has 0 spiro atoms. The third-order valence-electron chi connectivity index (χ3n) is 5.18. The summed E-state index contributed by atoms with van der Waals surface area (Å²) in [4.78, 5) is 27.5. The highest BCUT2D eigenvalue weighted by molar-refractivity contribution is 6.02. The fraction of sp³-hybridized carbons (Fsp3) is 0.417. The van der Waals surface area contributed by atoms with E-state index in [9.17, 15) is 9.59 Å². The van der Waals surface area contributed by atoms with Crippen molar-refractivity contribution in [3.8, 4) is 11.5 Å².